The predicted molar refractivity (Wildman–Crippen MR) is 62.2 cm³/mol. The van der Waals surface area contributed by atoms with E-state index in [9.17, 15) is 0 Å². The van der Waals surface area contributed by atoms with Crippen molar-refractivity contribution in [1.29, 1.82) is 0 Å². The van der Waals surface area contributed by atoms with Crippen molar-refractivity contribution in [2.45, 2.75) is 59.8 Å². The van der Waals surface area contributed by atoms with Gasteiger partial charge in [0.2, 0.25) is 0 Å². The Labute approximate surface area is 89.5 Å². The number of hydrogen-bond acceptors (Lipinski definition) is 0. The molecule has 0 heterocycles. The Morgan fingerprint density at radius 1 is 1.14 bits per heavy atom. The van der Waals surface area contributed by atoms with Crippen molar-refractivity contribution in [3.8, 4) is 0 Å². The van der Waals surface area contributed by atoms with Gasteiger partial charge in [-0.3, -0.25) is 0 Å². The van der Waals surface area contributed by atoms with E-state index in [1.165, 1.54) is 32.1 Å². The van der Waals surface area contributed by atoms with Crippen LogP contribution in [0.1, 0.15) is 59.8 Å². The minimum Gasteiger partial charge on any atom is -0.0651 e. The lowest BCUT2D eigenvalue weighted by molar-refractivity contribution is 0.200. The molecule has 2 saturated carbocycles. The molecule has 0 aromatic carbocycles. The Morgan fingerprint density at radius 3 is 2.50 bits per heavy atom. The average Bonchev–Trinajstić information content (AvgIpc) is 2.75. The molecule has 0 aromatic rings. The molecule has 0 aliphatic heterocycles. The maximum Gasteiger partial charge on any atom is -0.0269 e. The molecule has 0 spiro atoms. The molecular weight excluding hydrogens is 168 g/mol. The molecule has 0 saturated heterocycles. The summed E-state index contributed by atoms with van der Waals surface area (Å²) in [6.07, 6.45) is 7.43. The second-order valence-electron chi connectivity index (χ2n) is 6.39. The van der Waals surface area contributed by atoms with E-state index < -0.39 is 0 Å². The maximum atomic E-state index is 2.53. The summed E-state index contributed by atoms with van der Waals surface area (Å²) in [7, 11) is 0. The van der Waals surface area contributed by atoms with Crippen LogP contribution in [0.15, 0.2) is 0 Å². The summed E-state index contributed by atoms with van der Waals surface area (Å²) in [4.78, 5) is 0. The van der Waals surface area contributed by atoms with Crippen molar-refractivity contribution in [3.05, 3.63) is 0 Å². The molecule has 0 amide bonds. The standard InChI is InChI=1S/C14H26/c1-5-12-7-10(2)6-11(3)14(4)9-13(14)8-12/h10-13H,5-9H2,1-4H3. The molecule has 0 bridgehead atoms. The highest BCUT2D eigenvalue weighted by molar-refractivity contribution is 5.03. The van der Waals surface area contributed by atoms with Crippen molar-refractivity contribution in [1.82, 2.24) is 0 Å². The summed E-state index contributed by atoms with van der Waals surface area (Å²) in [5.41, 5.74) is 0.738. The molecule has 0 nitrogen and oxygen atoms in total. The van der Waals surface area contributed by atoms with Crippen LogP contribution in [0.3, 0.4) is 0 Å². The van der Waals surface area contributed by atoms with E-state index in [0.717, 1.165) is 29.1 Å². The van der Waals surface area contributed by atoms with E-state index in [1.807, 2.05) is 0 Å². The van der Waals surface area contributed by atoms with Gasteiger partial charge in [-0.2, -0.15) is 0 Å². The minimum absolute atomic E-state index is 0.738. The lowest BCUT2D eigenvalue weighted by Gasteiger charge is -2.30. The van der Waals surface area contributed by atoms with Gasteiger partial charge in [-0.1, -0.05) is 34.1 Å². The minimum atomic E-state index is 0.738. The van der Waals surface area contributed by atoms with E-state index >= 15 is 0 Å². The predicted octanol–water partition coefficient (Wildman–Crippen LogP) is 4.49. The molecule has 82 valence electrons. The second kappa shape index (κ2) is 3.54. The molecule has 2 aliphatic rings. The van der Waals surface area contributed by atoms with Crippen LogP contribution in [0.2, 0.25) is 0 Å². The van der Waals surface area contributed by atoms with Gasteiger partial charge < -0.3 is 0 Å². The van der Waals surface area contributed by atoms with Gasteiger partial charge in [0.25, 0.3) is 0 Å². The first kappa shape index (κ1) is 10.5. The quantitative estimate of drug-likeness (QED) is 0.577. The molecule has 0 radical (unpaired) electrons. The monoisotopic (exact) mass is 194 g/mol. The summed E-state index contributed by atoms with van der Waals surface area (Å²) in [6.45, 7) is 9.86. The Hall–Kier alpha value is 0. The van der Waals surface area contributed by atoms with Gasteiger partial charge >= 0.3 is 0 Å². The highest BCUT2D eigenvalue weighted by Crippen LogP contribution is 2.62. The zero-order valence-electron chi connectivity index (χ0n) is 10.3. The Morgan fingerprint density at radius 2 is 1.86 bits per heavy atom. The first-order valence-electron chi connectivity index (χ1n) is 6.56. The number of rotatable bonds is 1. The fraction of sp³-hybridized carbons (Fsp3) is 1.00. The molecule has 0 aromatic heterocycles. The van der Waals surface area contributed by atoms with Crippen LogP contribution in [-0.4, -0.2) is 0 Å². The highest BCUT2D eigenvalue weighted by Gasteiger charge is 2.54. The highest BCUT2D eigenvalue weighted by atomic mass is 14.6. The van der Waals surface area contributed by atoms with Crippen LogP contribution < -0.4 is 0 Å². The van der Waals surface area contributed by atoms with Crippen molar-refractivity contribution in [2.24, 2.45) is 29.1 Å². The SMILES string of the molecule is CCC1CC(C)CC(C)C2(C)CC2C1. The van der Waals surface area contributed by atoms with Crippen LogP contribution in [-0.2, 0) is 0 Å². The molecule has 2 aliphatic carbocycles. The van der Waals surface area contributed by atoms with Gasteiger partial charge in [-0.05, 0) is 54.8 Å². The normalized spacial score (nSPS) is 53.1. The molecule has 5 atom stereocenters. The fourth-order valence-electron chi connectivity index (χ4n) is 3.80. The van der Waals surface area contributed by atoms with E-state index in [4.69, 9.17) is 0 Å². The molecule has 0 N–H and O–H groups in total. The number of hydrogen-bond donors (Lipinski definition) is 0. The maximum absolute atomic E-state index is 2.53. The fourth-order valence-corrected chi connectivity index (χ4v) is 3.80. The molecule has 2 fully saturated rings. The average molecular weight is 194 g/mol. The molecule has 14 heavy (non-hydrogen) atoms. The summed E-state index contributed by atoms with van der Waals surface area (Å²) < 4.78 is 0. The molecule has 5 unspecified atom stereocenters. The third-order valence-corrected chi connectivity index (χ3v) is 5.27. The van der Waals surface area contributed by atoms with E-state index in [2.05, 4.69) is 27.7 Å². The van der Waals surface area contributed by atoms with Crippen LogP contribution >= 0.6 is 0 Å². The zero-order valence-corrected chi connectivity index (χ0v) is 10.3. The van der Waals surface area contributed by atoms with Crippen LogP contribution in [0, 0.1) is 29.1 Å². The van der Waals surface area contributed by atoms with E-state index in [0.29, 0.717) is 0 Å². The van der Waals surface area contributed by atoms with Gasteiger partial charge in [0.05, 0.1) is 0 Å². The Balaban J connectivity index is 2.04. The van der Waals surface area contributed by atoms with Gasteiger partial charge in [-0.25, -0.2) is 0 Å². The summed E-state index contributed by atoms with van der Waals surface area (Å²) in [5.74, 6) is 4.05. The molecule has 0 heteroatoms. The summed E-state index contributed by atoms with van der Waals surface area (Å²) in [5, 5.41) is 0. The van der Waals surface area contributed by atoms with Crippen molar-refractivity contribution in [2.75, 3.05) is 0 Å². The Bertz CT molecular complexity index is 208. The third-order valence-electron chi connectivity index (χ3n) is 5.27. The zero-order chi connectivity index (χ0) is 10.3. The van der Waals surface area contributed by atoms with Crippen molar-refractivity contribution in [3.63, 3.8) is 0 Å². The van der Waals surface area contributed by atoms with Crippen molar-refractivity contribution >= 4 is 0 Å². The summed E-state index contributed by atoms with van der Waals surface area (Å²) in [6, 6.07) is 0. The van der Waals surface area contributed by atoms with Gasteiger partial charge in [-0.15, -0.1) is 0 Å². The lowest BCUT2D eigenvalue weighted by atomic mass is 9.75. The molecule has 2 rings (SSSR count). The van der Waals surface area contributed by atoms with Gasteiger partial charge in [0.1, 0.15) is 0 Å². The van der Waals surface area contributed by atoms with Gasteiger partial charge in [0, 0.05) is 0 Å². The summed E-state index contributed by atoms with van der Waals surface area (Å²) >= 11 is 0. The lowest BCUT2D eigenvalue weighted by Crippen LogP contribution is -2.21. The third kappa shape index (κ3) is 1.73. The molecular formula is C14H26. The smallest absolute Gasteiger partial charge is 0.0269 e. The van der Waals surface area contributed by atoms with E-state index in [-0.39, 0.29) is 0 Å². The second-order valence-corrected chi connectivity index (χ2v) is 6.39. The van der Waals surface area contributed by atoms with Crippen LogP contribution in [0.25, 0.3) is 0 Å². The first-order valence-corrected chi connectivity index (χ1v) is 6.56. The van der Waals surface area contributed by atoms with E-state index in [1.54, 1.807) is 0 Å². The van der Waals surface area contributed by atoms with Crippen molar-refractivity contribution < 1.29 is 0 Å². The first-order chi connectivity index (χ1) is 6.56. The van der Waals surface area contributed by atoms with Crippen LogP contribution in [0.5, 0.6) is 0 Å². The topological polar surface area (TPSA) is 0 Å². The largest absolute Gasteiger partial charge is 0.0651 e. The number of fused-ring (bicyclic) bond motifs is 1. The van der Waals surface area contributed by atoms with Crippen LogP contribution in [0.4, 0.5) is 0 Å². The Kier molecular flexibility index (Phi) is 2.66. The van der Waals surface area contributed by atoms with Gasteiger partial charge in [0.15, 0.2) is 0 Å².